The van der Waals surface area contributed by atoms with Gasteiger partial charge in [-0.15, -0.1) is 0 Å². The number of primary sulfonamides is 1. The molecule has 37 heavy (non-hydrogen) atoms. The Morgan fingerprint density at radius 1 is 0.865 bits per heavy atom. The lowest BCUT2D eigenvalue weighted by molar-refractivity contribution is -0.119. The van der Waals surface area contributed by atoms with Crippen molar-refractivity contribution >= 4 is 32.3 Å². The molecular formula is C29H30N2O5S. The van der Waals surface area contributed by atoms with E-state index in [1.807, 2.05) is 54.6 Å². The molecule has 0 saturated carbocycles. The van der Waals surface area contributed by atoms with E-state index in [4.69, 9.17) is 14.6 Å². The van der Waals surface area contributed by atoms with E-state index in [2.05, 4.69) is 11.4 Å². The van der Waals surface area contributed by atoms with Crippen molar-refractivity contribution in [2.24, 2.45) is 5.14 Å². The third-order valence-corrected chi connectivity index (χ3v) is 7.19. The Kier molecular flexibility index (Phi) is 8.11. The van der Waals surface area contributed by atoms with Gasteiger partial charge in [0, 0.05) is 18.5 Å². The molecule has 0 spiro atoms. The molecule has 0 saturated heterocycles. The SMILES string of the molecule is COc1cccc(C(CC(=O)CCc2ccc3cc(OC)ccc3c2)Nc2ccc(S(N)(=O)=O)cc2)c1. The van der Waals surface area contributed by atoms with Crippen LogP contribution in [0.4, 0.5) is 5.69 Å². The first-order chi connectivity index (χ1) is 17.7. The molecule has 3 N–H and O–H groups in total. The smallest absolute Gasteiger partial charge is 0.238 e. The summed E-state index contributed by atoms with van der Waals surface area (Å²) in [6, 6.07) is 25.5. The molecule has 8 heteroatoms. The van der Waals surface area contributed by atoms with Crippen LogP contribution < -0.4 is 19.9 Å². The van der Waals surface area contributed by atoms with Gasteiger partial charge in [0.1, 0.15) is 17.3 Å². The van der Waals surface area contributed by atoms with E-state index in [9.17, 15) is 13.2 Å². The molecule has 0 aliphatic carbocycles. The summed E-state index contributed by atoms with van der Waals surface area (Å²) in [5.41, 5.74) is 2.66. The molecule has 0 radical (unpaired) electrons. The summed E-state index contributed by atoms with van der Waals surface area (Å²) >= 11 is 0. The number of benzene rings is 4. The number of hydrogen-bond acceptors (Lipinski definition) is 6. The Balaban J connectivity index is 1.48. The molecule has 0 bridgehead atoms. The van der Waals surface area contributed by atoms with Crippen LogP contribution in [0.2, 0.25) is 0 Å². The van der Waals surface area contributed by atoms with Gasteiger partial charge in [0.25, 0.3) is 0 Å². The van der Waals surface area contributed by atoms with Crippen LogP contribution in [0.3, 0.4) is 0 Å². The minimum atomic E-state index is -3.78. The fourth-order valence-corrected chi connectivity index (χ4v) is 4.74. The van der Waals surface area contributed by atoms with Gasteiger partial charge < -0.3 is 14.8 Å². The van der Waals surface area contributed by atoms with Gasteiger partial charge in [-0.1, -0.05) is 36.4 Å². The molecule has 4 aromatic carbocycles. The minimum Gasteiger partial charge on any atom is -0.497 e. The van der Waals surface area contributed by atoms with Gasteiger partial charge in [0.05, 0.1) is 25.2 Å². The highest BCUT2D eigenvalue weighted by molar-refractivity contribution is 7.89. The molecule has 0 aromatic heterocycles. The number of carbonyl (C=O) groups excluding carboxylic acids is 1. The Morgan fingerprint density at radius 2 is 1.54 bits per heavy atom. The molecule has 7 nitrogen and oxygen atoms in total. The van der Waals surface area contributed by atoms with Gasteiger partial charge in [0.15, 0.2) is 0 Å². The molecule has 0 heterocycles. The summed E-state index contributed by atoms with van der Waals surface area (Å²) in [7, 11) is -0.541. The third-order valence-electron chi connectivity index (χ3n) is 6.26. The van der Waals surface area contributed by atoms with E-state index >= 15 is 0 Å². The molecule has 0 amide bonds. The zero-order valence-corrected chi connectivity index (χ0v) is 21.6. The van der Waals surface area contributed by atoms with Crippen LogP contribution in [0.1, 0.15) is 30.0 Å². The topological polar surface area (TPSA) is 108 Å². The highest BCUT2D eigenvalue weighted by atomic mass is 32.2. The molecular weight excluding hydrogens is 488 g/mol. The number of anilines is 1. The quantitative estimate of drug-likeness (QED) is 0.281. The largest absolute Gasteiger partial charge is 0.497 e. The highest BCUT2D eigenvalue weighted by Crippen LogP contribution is 2.28. The van der Waals surface area contributed by atoms with E-state index in [-0.39, 0.29) is 23.1 Å². The number of aryl methyl sites for hydroxylation is 1. The summed E-state index contributed by atoms with van der Waals surface area (Å²) in [5, 5.41) is 10.8. The number of ketones is 1. The zero-order valence-electron chi connectivity index (χ0n) is 20.8. The first-order valence-electron chi connectivity index (χ1n) is 11.9. The average Bonchev–Trinajstić information content (AvgIpc) is 2.91. The summed E-state index contributed by atoms with van der Waals surface area (Å²) in [4.78, 5) is 13.1. The number of carbonyl (C=O) groups is 1. The van der Waals surface area contributed by atoms with E-state index in [0.717, 1.165) is 27.6 Å². The molecule has 1 unspecified atom stereocenters. The monoisotopic (exact) mass is 518 g/mol. The molecule has 4 aromatic rings. The van der Waals surface area contributed by atoms with Gasteiger partial charge >= 0.3 is 0 Å². The number of rotatable bonds is 11. The Labute approximate surface area is 217 Å². The normalized spacial score (nSPS) is 12.2. The van der Waals surface area contributed by atoms with Crippen molar-refractivity contribution in [3.63, 3.8) is 0 Å². The average molecular weight is 519 g/mol. The standard InChI is InChI=1S/C29H30N2O5S/c1-35-26-5-3-4-23(18-26)29(31-24-10-14-28(15-11-24)37(30,33)34)19-25(32)12-7-20-6-8-22-17-27(36-2)13-9-21(22)16-20/h3-6,8-11,13-18,29,31H,7,12,19H2,1-2H3,(H2,30,33,34). The predicted octanol–water partition coefficient (Wildman–Crippen LogP) is 5.25. The fraction of sp³-hybridized carbons (Fsp3) is 0.207. The van der Waals surface area contributed by atoms with Crippen LogP contribution in [-0.2, 0) is 21.2 Å². The predicted molar refractivity (Wildman–Crippen MR) is 146 cm³/mol. The van der Waals surface area contributed by atoms with Crippen molar-refractivity contribution in [2.45, 2.75) is 30.2 Å². The number of nitrogens with one attached hydrogen (secondary N) is 1. The van der Waals surface area contributed by atoms with E-state index in [0.29, 0.717) is 24.3 Å². The Bertz CT molecular complexity index is 1500. The second-order valence-corrected chi connectivity index (χ2v) is 10.4. The Hall–Kier alpha value is -3.88. The van der Waals surface area contributed by atoms with Gasteiger partial charge in [-0.3, -0.25) is 4.79 Å². The maximum absolute atomic E-state index is 13.1. The lowest BCUT2D eigenvalue weighted by Crippen LogP contribution is -2.16. The molecule has 4 rings (SSSR count). The van der Waals surface area contributed by atoms with Gasteiger partial charge in [-0.2, -0.15) is 0 Å². The lowest BCUT2D eigenvalue weighted by Gasteiger charge is -2.21. The van der Waals surface area contributed by atoms with E-state index in [1.165, 1.54) is 12.1 Å². The van der Waals surface area contributed by atoms with Crippen LogP contribution in [0.5, 0.6) is 11.5 Å². The molecule has 0 aliphatic rings. The number of hydrogen-bond donors (Lipinski definition) is 2. The van der Waals surface area contributed by atoms with Crippen molar-refractivity contribution in [3.8, 4) is 11.5 Å². The number of methoxy groups -OCH3 is 2. The third kappa shape index (κ3) is 6.87. The van der Waals surface area contributed by atoms with Crippen LogP contribution in [0.25, 0.3) is 10.8 Å². The number of Topliss-reactive ketones (excluding diaryl/α,β-unsaturated/α-hetero) is 1. The maximum atomic E-state index is 13.1. The fourth-order valence-electron chi connectivity index (χ4n) is 4.22. The van der Waals surface area contributed by atoms with E-state index < -0.39 is 10.0 Å². The van der Waals surface area contributed by atoms with Crippen LogP contribution >= 0.6 is 0 Å². The Morgan fingerprint density at radius 3 is 2.24 bits per heavy atom. The highest BCUT2D eigenvalue weighted by Gasteiger charge is 2.18. The lowest BCUT2D eigenvalue weighted by atomic mass is 9.96. The van der Waals surface area contributed by atoms with Crippen molar-refractivity contribution in [2.75, 3.05) is 19.5 Å². The minimum absolute atomic E-state index is 0.0286. The second-order valence-electron chi connectivity index (χ2n) is 8.83. The van der Waals surface area contributed by atoms with Gasteiger partial charge in [0.2, 0.25) is 10.0 Å². The van der Waals surface area contributed by atoms with Crippen LogP contribution in [0.15, 0.2) is 89.8 Å². The maximum Gasteiger partial charge on any atom is 0.238 e. The van der Waals surface area contributed by atoms with Crippen molar-refractivity contribution < 1.29 is 22.7 Å². The van der Waals surface area contributed by atoms with Gasteiger partial charge in [-0.25, -0.2) is 13.6 Å². The van der Waals surface area contributed by atoms with Gasteiger partial charge in [-0.05, 0) is 76.9 Å². The van der Waals surface area contributed by atoms with Crippen molar-refractivity contribution in [1.82, 2.24) is 0 Å². The number of sulfonamides is 1. The van der Waals surface area contributed by atoms with Crippen molar-refractivity contribution in [1.29, 1.82) is 0 Å². The molecule has 192 valence electrons. The first kappa shape index (κ1) is 26.2. The molecule has 0 fully saturated rings. The zero-order chi connectivity index (χ0) is 26.4. The molecule has 1 atom stereocenters. The molecule has 0 aliphatic heterocycles. The number of fused-ring (bicyclic) bond motifs is 1. The van der Waals surface area contributed by atoms with Crippen LogP contribution in [-0.4, -0.2) is 28.4 Å². The van der Waals surface area contributed by atoms with Crippen molar-refractivity contribution in [3.05, 3.63) is 96.1 Å². The number of ether oxygens (including phenoxy) is 2. The summed E-state index contributed by atoms with van der Waals surface area (Å²) in [6.07, 6.45) is 1.29. The van der Waals surface area contributed by atoms with E-state index in [1.54, 1.807) is 26.4 Å². The summed E-state index contributed by atoms with van der Waals surface area (Å²) in [6.45, 7) is 0. The summed E-state index contributed by atoms with van der Waals surface area (Å²) < 4.78 is 33.8. The number of nitrogens with two attached hydrogens (primary N) is 1. The summed E-state index contributed by atoms with van der Waals surface area (Å²) in [5.74, 6) is 1.61. The second kappa shape index (κ2) is 11.5. The first-order valence-corrected chi connectivity index (χ1v) is 13.4. The van der Waals surface area contributed by atoms with Crippen LogP contribution in [0, 0.1) is 0 Å².